The van der Waals surface area contributed by atoms with Crippen LogP contribution in [-0.4, -0.2) is 59.4 Å². The number of hydrogen-bond acceptors (Lipinski definition) is 7. The van der Waals surface area contributed by atoms with Crippen molar-refractivity contribution in [2.45, 2.75) is 17.8 Å². The molecule has 1 amide bonds. The Morgan fingerprint density at radius 1 is 1.22 bits per heavy atom. The fraction of sp³-hybridized carbons (Fsp3) is 0.318. The summed E-state index contributed by atoms with van der Waals surface area (Å²) in [6.45, 7) is 1.82. The van der Waals surface area contributed by atoms with Crippen molar-refractivity contribution >= 4 is 29.3 Å². The predicted molar refractivity (Wildman–Crippen MR) is 122 cm³/mol. The molecule has 1 aromatic heterocycles. The maximum Gasteiger partial charge on any atom is 0.230 e. The van der Waals surface area contributed by atoms with Crippen molar-refractivity contribution in [1.29, 1.82) is 0 Å². The van der Waals surface area contributed by atoms with E-state index in [2.05, 4.69) is 15.5 Å². The van der Waals surface area contributed by atoms with Crippen molar-refractivity contribution < 1.29 is 19.0 Å². The highest BCUT2D eigenvalue weighted by Crippen LogP contribution is 2.30. The molecule has 8 nitrogen and oxygen atoms in total. The van der Waals surface area contributed by atoms with Crippen molar-refractivity contribution in [3.63, 3.8) is 0 Å². The summed E-state index contributed by atoms with van der Waals surface area (Å²) in [6.07, 6.45) is -0.235. The van der Waals surface area contributed by atoms with Gasteiger partial charge in [0.25, 0.3) is 0 Å². The molecule has 0 radical (unpaired) electrons. The molecular formula is C22H23ClN4O4S. The van der Waals surface area contributed by atoms with Crippen LogP contribution in [0.4, 0.5) is 0 Å². The van der Waals surface area contributed by atoms with Gasteiger partial charge in [-0.25, -0.2) is 0 Å². The Balaban J connectivity index is 1.33. The Hall–Kier alpha value is -2.75. The topological polar surface area (TPSA) is 87.5 Å². The Morgan fingerprint density at radius 2 is 2.00 bits per heavy atom. The van der Waals surface area contributed by atoms with Crippen molar-refractivity contribution in [2.24, 2.45) is 0 Å². The number of ether oxygens (including phenoxy) is 3. The quantitative estimate of drug-likeness (QED) is 0.476. The van der Waals surface area contributed by atoms with Crippen LogP contribution in [0.15, 0.2) is 53.7 Å². The van der Waals surface area contributed by atoms with Crippen LogP contribution >= 0.6 is 23.4 Å². The molecule has 0 saturated heterocycles. The van der Waals surface area contributed by atoms with E-state index in [1.807, 2.05) is 53.1 Å². The van der Waals surface area contributed by atoms with Gasteiger partial charge < -0.3 is 19.5 Å². The average molecular weight is 475 g/mol. The van der Waals surface area contributed by atoms with E-state index in [0.29, 0.717) is 48.1 Å². The van der Waals surface area contributed by atoms with Gasteiger partial charge in [0.2, 0.25) is 5.91 Å². The number of benzene rings is 2. The highest BCUT2D eigenvalue weighted by molar-refractivity contribution is 7.99. The number of carbonyl (C=O) groups excluding carboxylic acids is 1. The zero-order chi connectivity index (χ0) is 22.3. The number of halogens is 1. The van der Waals surface area contributed by atoms with Gasteiger partial charge in [-0.2, -0.15) is 0 Å². The van der Waals surface area contributed by atoms with Gasteiger partial charge in [0.05, 0.1) is 25.4 Å². The maximum atomic E-state index is 12.4. The lowest BCUT2D eigenvalue weighted by Crippen LogP contribution is -2.41. The third-order valence-corrected chi connectivity index (χ3v) is 5.98. The van der Waals surface area contributed by atoms with E-state index < -0.39 is 0 Å². The van der Waals surface area contributed by atoms with Crippen molar-refractivity contribution in [3.8, 4) is 22.9 Å². The first-order chi connectivity index (χ1) is 15.6. The largest absolute Gasteiger partial charge is 0.486 e. The number of nitrogens with zero attached hydrogens (tertiary/aromatic N) is 3. The van der Waals surface area contributed by atoms with Crippen molar-refractivity contribution in [1.82, 2.24) is 20.1 Å². The van der Waals surface area contributed by atoms with Crippen LogP contribution in [0.5, 0.6) is 11.5 Å². The summed E-state index contributed by atoms with van der Waals surface area (Å²) in [5.41, 5.74) is 0.893. The number of rotatable bonds is 9. The number of methoxy groups -OCH3 is 1. The molecular weight excluding hydrogens is 452 g/mol. The van der Waals surface area contributed by atoms with Gasteiger partial charge in [-0.15, -0.1) is 10.2 Å². The SMILES string of the molecule is COCCn1c(SCC(=O)NCC2COc3ccccc3O2)nnc1-c1ccc(Cl)cc1. The number of thioether (sulfide) groups is 1. The monoisotopic (exact) mass is 474 g/mol. The highest BCUT2D eigenvalue weighted by Gasteiger charge is 2.21. The van der Waals surface area contributed by atoms with Crippen LogP contribution in [0.3, 0.4) is 0 Å². The van der Waals surface area contributed by atoms with E-state index in [0.717, 1.165) is 11.3 Å². The molecule has 1 N–H and O–H groups in total. The Bertz CT molecular complexity index is 1060. The standard InChI is InChI=1S/C22H23ClN4O4S/c1-29-11-10-27-21(15-6-8-16(23)9-7-15)25-26-22(27)32-14-20(28)24-12-17-13-30-18-4-2-3-5-19(18)31-17/h2-9,17H,10-14H2,1H3,(H,24,28). The summed E-state index contributed by atoms with van der Waals surface area (Å²) < 4.78 is 18.7. The number of aromatic nitrogens is 3. The van der Waals surface area contributed by atoms with E-state index in [1.54, 1.807) is 7.11 Å². The van der Waals surface area contributed by atoms with Gasteiger partial charge in [0.1, 0.15) is 12.7 Å². The molecule has 2 heterocycles. The van der Waals surface area contributed by atoms with Gasteiger partial charge in [-0.05, 0) is 36.4 Å². The minimum atomic E-state index is -0.235. The third kappa shape index (κ3) is 5.53. The van der Waals surface area contributed by atoms with Gasteiger partial charge >= 0.3 is 0 Å². The molecule has 10 heteroatoms. The van der Waals surface area contributed by atoms with E-state index in [4.69, 9.17) is 25.8 Å². The van der Waals surface area contributed by atoms with Crippen LogP contribution in [0, 0.1) is 0 Å². The van der Waals surface area contributed by atoms with Crippen LogP contribution in [0.25, 0.3) is 11.4 Å². The van der Waals surface area contributed by atoms with Crippen molar-refractivity contribution in [3.05, 3.63) is 53.6 Å². The van der Waals surface area contributed by atoms with Crippen LogP contribution in [0.1, 0.15) is 0 Å². The molecule has 32 heavy (non-hydrogen) atoms. The summed E-state index contributed by atoms with van der Waals surface area (Å²) >= 11 is 7.32. The lowest BCUT2D eigenvalue weighted by atomic mass is 10.2. The van der Waals surface area contributed by atoms with Gasteiger partial charge in [-0.1, -0.05) is 35.5 Å². The molecule has 1 atom stereocenters. The molecule has 0 bridgehead atoms. The molecule has 0 fully saturated rings. The second kappa shape index (κ2) is 10.7. The molecule has 1 aliphatic rings. The summed E-state index contributed by atoms with van der Waals surface area (Å²) in [5.74, 6) is 2.20. The van der Waals surface area contributed by atoms with E-state index in [9.17, 15) is 4.79 Å². The number of amides is 1. The second-order valence-electron chi connectivity index (χ2n) is 7.05. The summed E-state index contributed by atoms with van der Waals surface area (Å²) in [6, 6.07) is 14.9. The summed E-state index contributed by atoms with van der Waals surface area (Å²) in [7, 11) is 1.64. The molecule has 0 spiro atoms. The minimum absolute atomic E-state index is 0.119. The predicted octanol–water partition coefficient (Wildman–Crippen LogP) is 3.29. The molecule has 0 aliphatic carbocycles. The van der Waals surface area contributed by atoms with Gasteiger partial charge in [0.15, 0.2) is 22.5 Å². The Kier molecular flexibility index (Phi) is 7.51. The number of hydrogen-bond donors (Lipinski definition) is 1. The van der Waals surface area contributed by atoms with Crippen molar-refractivity contribution in [2.75, 3.05) is 32.6 Å². The van der Waals surface area contributed by atoms with E-state index in [1.165, 1.54) is 11.8 Å². The lowest BCUT2D eigenvalue weighted by molar-refractivity contribution is -0.119. The second-order valence-corrected chi connectivity index (χ2v) is 8.43. The number of para-hydroxylation sites is 2. The first-order valence-electron chi connectivity index (χ1n) is 10.1. The average Bonchev–Trinajstić information content (AvgIpc) is 3.23. The number of carbonyl (C=O) groups is 1. The normalized spacial score (nSPS) is 14.9. The Morgan fingerprint density at radius 3 is 2.78 bits per heavy atom. The van der Waals surface area contributed by atoms with Crippen LogP contribution in [0.2, 0.25) is 5.02 Å². The molecule has 1 unspecified atom stereocenters. The number of nitrogens with one attached hydrogen (secondary N) is 1. The molecule has 3 aromatic rings. The smallest absolute Gasteiger partial charge is 0.230 e. The zero-order valence-electron chi connectivity index (χ0n) is 17.5. The van der Waals surface area contributed by atoms with Gasteiger partial charge in [0, 0.05) is 17.7 Å². The molecule has 168 valence electrons. The molecule has 1 aliphatic heterocycles. The summed E-state index contributed by atoms with van der Waals surface area (Å²) in [4.78, 5) is 12.4. The summed E-state index contributed by atoms with van der Waals surface area (Å²) in [5, 5.41) is 12.8. The minimum Gasteiger partial charge on any atom is -0.486 e. The fourth-order valence-corrected chi connectivity index (χ4v) is 4.08. The zero-order valence-corrected chi connectivity index (χ0v) is 19.1. The first-order valence-corrected chi connectivity index (χ1v) is 11.5. The molecule has 2 aromatic carbocycles. The maximum absolute atomic E-state index is 12.4. The van der Waals surface area contributed by atoms with Crippen LogP contribution in [-0.2, 0) is 16.1 Å². The molecule has 4 rings (SSSR count). The Labute approximate surface area is 195 Å². The van der Waals surface area contributed by atoms with E-state index in [-0.39, 0.29) is 17.8 Å². The first kappa shape index (κ1) is 22.4. The molecule has 0 saturated carbocycles. The fourth-order valence-electron chi connectivity index (χ4n) is 3.16. The third-order valence-electron chi connectivity index (χ3n) is 4.77. The number of fused-ring (bicyclic) bond motifs is 1. The van der Waals surface area contributed by atoms with Gasteiger partial charge in [-0.3, -0.25) is 9.36 Å². The van der Waals surface area contributed by atoms with Crippen LogP contribution < -0.4 is 14.8 Å². The lowest BCUT2D eigenvalue weighted by Gasteiger charge is -2.26. The van der Waals surface area contributed by atoms with E-state index >= 15 is 0 Å². The highest BCUT2D eigenvalue weighted by atomic mass is 35.5.